The number of rotatable bonds is 8. The predicted molar refractivity (Wildman–Crippen MR) is 82.0 cm³/mol. The minimum Gasteiger partial charge on any atom is -0.329 e. The van der Waals surface area contributed by atoms with Crippen LogP contribution in [0.1, 0.15) is 51.8 Å². The maximum atomic E-state index is 6.13. The Labute approximate surface area is 116 Å². The van der Waals surface area contributed by atoms with Gasteiger partial charge in [0.25, 0.3) is 0 Å². The van der Waals surface area contributed by atoms with Gasteiger partial charge in [0, 0.05) is 29.5 Å². The summed E-state index contributed by atoms with van der Waals surface area (Å²) in [6.45, 7) is 10.9. The molecule has 0 aliphatic carbocycles. The van der Waals surface area contributed by atoms with E-state index in [0.29, 0.717) is 6.04 Å². The molecule has 1 rings (SSSR count). The number of nitrogens with two attached hydrogens (primary N) is 1. The van der Waals surface area contributed by atoms with Crippen molar-refractivity contribution in [2.24, 2.45) is 5.73 Å². The Balaban J connectivity index is 2.93. The fraction of sp³-hybridized carbons (Fsp3) is 0.733. The van der Waals surface area contributed by atoms with E-state index in [-0.39, 0.29) is 5.54 Å². The molecule has 2 N–H and O–H groups in total. The van der Waals surface area contributed by atoms with Crippen molar-refractivity contribution in [3.05, 3.63) is 22.4 Å². The van der Waals surface area contributed by atoms with Gasteiger partial charge in [0.1, 0.15) is 0 Å². The van der Waals surface area contributed by atoms with Crippen LogP contribution in [-0.4, -0.2) is 23.0 Å². The van der Waals surface area contributed by atoms with Crippen LogP contribution < -0.4 is 5.73 Å². The zero-order valence-electron chi connectivity index (χ0n) is 12.3. The van der Waals surface area contributed by atoms with E-state index < -0.39 is 0 Å². The van der Waals surface area contributed by atoms with E-state index in [1.807, 2.05) is 11.3 Å². The lowest BCUT2D eigenvalue weighted by molar-refractivity contribution is 0.0421. The van der Waals surface area contributed by atoms with Gasteiger partial charge >= 0.3 is 0 Å². The van der Waals surface area contributed by atoms with Crippen molar-refractivity contribution in [1.29, 1.82) is 0 Å². The highest BCUT2D eigenvalue weighted by Crippen LogP contribution is 2.29. The highest BCUT2D eigenvalue weighted by Gasteiger charge is 2.34. The molecule has 0 saturated carbocycles. The third-order valence-electron chi connectivity index (χ3n) is 3.89. The molecule has 0 amide bonds. The second-order valence-corrected chi connectivity index (χ2v) is 6.37. The van der Waals surface area contributed by atoms with Crippen LogP contribution in [0.2, 0.25) is 0 Å². The second-order valence-electron chi connectivity index (χ2n) is 5.33. The van der Waals surface area contributed by atoms with Gasteiger partial charge in [-0.15, -0.1) is 11.3 Å². The van der Waals surface area contributed by atoms with Crippen LogP contribution in [-0.2, 0) is 6.54 Å². The SMILES string of the molecule is CCCC(CC)(CN)N(Cc1cccs1)C(C)C. The van der Waals surface area contributed by atoms with E-state index >= 15 is 0 Å². The molecule has 0 aromatic carbocycles. The molecule has 0 radical (unpaired) electrons. The average Bonchev–Trinajstić information content (AvgIpc) is 2.86. The quantitative estimate of drug-likeness (QED) is 0.775. The highest BCUT2D eigenvalue weighted by atomic mass is 32.1. The van der Waals surface area contributed by atoms with Crippen molar-refractivity contribution in [3.8, 4) is 0 Å². The summed E-state index contributed by atoms with van der Waals surface area (Å²) in [7, 11) is 0. The maximum Gasteiger partial charge on any atom is 0.0336 e. The normalized spacial score (nSPS) is 15.3. The molecule has 0 saturated heterocycles. The van der Waals surface area contributed by atoms with Gasteiger partial charge in [0.2, 0.25) is 0 Å². The van der Waals surface area contributed by atoms with Gasteiger partial charge in [-0.25, -0.2) is 0 Å². The fourth-order valence-electron chi connectivity index (χ4n) is 2.82. The monoisotopic (exact) mass is 268 g/mol. The minimum atomic E-state index is 0.160. The van der Waals surface area contributed by atoms with Crippen molar-refractivity contribution in [2.45, 2.75) is 65.1 Å². The summed E-state index contributed by atoms with van der Waals surface area (Å²) in [5.41, 5.74) is 6.29. The third-order valence-corrected chi connectivity index (χ3v) is 4.75. The van der Waals surface area contributed by atoms with Gasteiger partial charge in [-0.2, -0.15) is 0 Å². The first kappa shape index (κ1) is 15.7. The predicted octanol–water partition coefficient (Wildman–Crippen LogP) is 3.87. The molecule has 0 fully saturated rings. The lowest BCUT2D eigenvalue weighted by Crippen LogP contribution is -2.55. The molecule has 1 heterocycles. The Hall–Kier alpha value is -0.380. The lowest BCUT2D eigenvalue weighted by atomic mass is 9.87. The van der Waals surface area contributed by atoms with E-state index in [4.69, 9.17) is 5.73 Å². The first-order valence-corrected chi connectivity index (χ1v) is 7.96. The topological polar surface area (TPSA) is 29.3 Å². The van der Waals surface area contributed by atoms with Crippen LogP contribution in [0.5, 0.6) is 0 Å². The van der Waals surface area contributed by atoms with Crippen molar-refractivity contribution in [1.82, 2.24) is 4.90 Å². The first-order chi connectivity index (χ1) is 8.59. The van der Waals surface area contributed by atoms with Gasteiger partial charge in [0.15, 0.2) is 0 Å². The van der Waals surface area contributed by atoms with Gasteiger partial charge < -0.3 is 5.73 Å². The number of hydrogen-bond donors (Lipinski definition) is 1. The summed E-state index contributed by atoms with van der Waals surface area (Å²) < 4.78 is 0. The summed E-state index contributed by atoms with van der Waals surface area (Å²) in [6.07, 6.45) is 3.50. The van der Waals surface area contributed by atoms with Gasteiger partial charge in [0.05, 0.1) is 0 Å². The molecule has 0 bridgehead atoms. The van der Waals surface area contributed by atoms with Crippen molar-refractivity contribution in [3.63, 3.8) is 0 Å². The van der Waals surface area contributed by atoms with Gasteiger partial charge in [-0.3, -0.25) is 4.90 Å². The third kappa shape index (κ3) is 3.56. The molecule has 1 aromatic rings. The van der Waals surface area contributed by atoms with E-state index in [1.165, 1.54) is 17.7 Å². The van der Waals surface area contributed by atoms with E-state index in [0.717, 1.165) is 19.5 Å². The summed E-state index contributed by atoms with van der Waals surface area (Å²) in [6, 6.07) is 4.89. The number of nitrogens with zero attached hydrogens (tertiary/aromatic N) is 1. The molecule has 18 heavy (non-hydrogen) atoms. The molecular formula is C15H28N2S. The molecule has 0 aliphatic rings. The molecule has 1 aromatic heterocycles. The smallest absolute Gasteiger partial charge is 0.0336 e. The molecule has 1 unspecified atom stereocenters. The molecule has 0 aliphatic heterocycles. The molecule has 3 heteroatoms. The lowest BCUT2D eigenvalue weighted by Gasteiger charge is -2.45. The summed E-state index contributed by atoms with van der Waals surface area (Å²) in [5, 5.41) is 2.16. The molecular weight excluding hydrogens is 240 g/mol. The fourth-order valence-corrected chi connectivity index (χ4v) is 3.52. The van der Waals surface area contributed by atoms with Crippen LogP contribution in [0, 0.1) is 0 Å². The Morgan fingerprint density at radius 3 is 2.50 bits per heavy atom. The Bertz CT molecular complexity index is 315. The van der Waals surface area contributed by atoms with Crippen LogP contribution in [0.4, 0.5) is 0 Å². The average molecular weight is 268 g/mol. The number of thiophene rings is 1. The van der Waals surface area contributed by atoms with Crippen molar-refractivity contribution < 1.29 is 0 Å². The first-order valence-electron chi connectivity index (χ1n) is 7.08. The van der Waals surface area contributed by atoms with Crippen LogP contribution in [0.25, 0.3) is 0 Å². The number of hydrogen-bond acceptors (Lipinski definition) is 3. The molecule has 1 atom stereocenters. The maximum absolute atomic E-state index is 6.13. The van der Waals surface area contributed by atoms with Crippen molar-refractivity contribution >= 4 is 11.3 Å². The highest BCUT2D eigenvalue weighted by molar-refractivity contribution is 7.09. The zero-order valence-corrected chi connectivity index (χ0v) is 13.1. The largest absolute Gasteiger partial charge is 0.329 e. The minimum absolute atomic E-state index is 0.160. The Morgan fingerprint density at radius 1 is 1.39 bits per heavy atom. The summed E-state index contributed by atoms with van der Waals surface area (Å²) in [5.74, 6) is 0. The molecule has 104 valence electrons. The van der Waals surface area contributed by atoms with Gasteiger partial charge in [-0.1, -0.05) is 26.3 Å². The van der Waals surface area contributed by atoms with Crippen LogP contribution >= 0.6 is 11.3 Å². The van der Waals surface area contributed by atoms with Crippen LogP contribution in [0.3, 0.4) is 0 Å². The second kappa shape index (κ2) is 7.27. The molecule has 2 nitrogen and oxygen atoms in total. The standard InChI is InChI=1S/C15H28N2S/c1-5-9-15(6-2,12-16)17(13(3)4)11-14-8-7-10-18-14/h7-8,10,13H,5-6,9,11-12,16H2,1-4H3. The Kier molecular flexibility index (Phi) is 6.33. The zero-order chi connectivity index (χ0) is 13.6. The van der Waals surface area contributed by atoms with E-state index in [9.17, 15) is 0 Å². The summed E-state index contributed by atoms with van der Waals surface area (Å²) >= 11 is 1.84. The van der Waals surface area contributed by atoms with E-state index in [1.54, 1.807) is 0 Å². The van der Waals surface area contributed by atoms with Crippen molar-refractivity contribution in [2.75, 3.05) is 6.54 Å². The van der Waals surface area contributed by atoms with E-state index in [2.05, 4.69) is 50.1 Å². The Morgan fingerprint density at radius 2 is 2.11 bits per heavy atom. The van der Waals surface area contributed by atoms with Crippen LogP contribution in [0.15, 0.2) is 17.5 Å². The molecule has 0 spiro atoms. The summed E-state index contributed by atoms with van der Waals surface area (Å²) in [4.78, 5) is 4.04. The van der Waals surface area contributed by atoms with Gasteiger partial charge in [-0.05, 0) is 38.1 Å².